The van der Waals surface area contributed by atoms with Crippen LogP contribution in [0.1, 0.15) is 24.3 Å². The first-order valence-electron chi connectivity index (χ1n) is 4.98. The van der Waals surface area contributed by atoms with Gasteiger partial charge in [-0.1, -0.05) is 0 Å². The van der Waals surface area contributed by atoms with Gasteiger partial charge in [-0.15, -0.1) is 11.3 Å². The number of thiazole rings is 1. The molecule has 0 atom stereocenters. The number of aromatic nitrogens is 1. The smallest absolute Gasteiger partial charge is 0.140 e. The molecule has 0 amide bonds. The van der Waals surface area contributed by atoms with Gasteiger partial charge in [0.25, 0.3) is 0 Å². The minimum Gasteiger partial charge on any atom is -0.314 e. The van der Waals surface area contributed by atoms with Gasteiger partial charge in [0.1, 0.15) is 5.78 Å². The molecule has 0 aliphatic heterocycles. The summed E-state index contributed by atoms with van der Waals surface area (Å²) in [6.07, 6.45) is 5.44. The van der Waals surface area contributed by atoms with Crippen LogP contribution in [0.3, 0.4) is 0 Å². The maximum Gasteiger partial charge on any atom is 0.140 e. The second-order valence-electron chi connectivity index (χ2n) is 3.62. The van der Waals surface area contributed by atoms with E-state index in [2.05, 4.69) is 10.3 Å². The van der Waals surface area contributed by atoms with E-state index in [4.69, 9.17) is 0 Å². The number of carbonyl (C=O) groups is 1. The maximum absolute atomic E-state index is 11.4. The molecule has 0 saturated heterocycles. The summed E-state index contributed by atoms with van der Waals surface area (Å²) in [5.41, 5.74) is 0. The SMILES string of the molecule is O=C(CCNC1CC1)Cc1nccs1. The van der Waals surface area contributed by atoms with E-state index in [-0.39, 0.29) is 5.78 Å². The van der Waals surface area contributed by atoms with Crippen LogP contribution < -0.4 is 5.32 Å². The van der Waals surface area contributed by atoms with E-state index in [1.165, 1.54) is 12.8 Å². The van der Waals surface area contributed by atoms with E-state index in [0.717, 1.165) is 11.6 Å². The molecule has 1 aliphatic carbocycles. The molecule has 0 radical (unpaired) electrons. The fourth-order valence-corrected chi connectivity index (χ4v) is 1.95. The highest BCUT2D eigenvalue weighted by molar-refractivity contribution is 7.09. The molecule has 76 valence electrons. The van der Waals surface area contributed by atoms with Crippen LogP contribution in [0.15, 0.2) is 11.6 Å². The highest BCUT2D eigenvalue weighted by atomic mass is 32.1. The molecule has 1 aromatic rings. The van der Waals surface area contributed by atoms with Crippen molar-refractivity contribution in [1.82, 2.24) is 10.3 Å². The lowest BCUT2D eigenvalue weighted by atomic mass is 10.2. The van der Waals surface area contributed by atoms with Crippen molar-refractivity contribution in [1.29, 1.82) is 0 Å². The Morgan fingerprint density at radius 1 is 1.64 bits per heavy atom. The molecule has 0 spiro atoms. The summed E-state index contributed by atoms with van der Waals surface area (Å²) in [6.45, 7) is 0.828. The normalized spacial score (nSPS) is 15.7. The first kappa shape index (κ1) is 9.80. The zero-order chi connectivity index (χ0) is 9.80. The van der Waals surface area contributed by atoms with Crippen molar-refractivity contribution in [2.24, 2.45) is 0 Å². The van der Waals surface area contributed by atoms with Gasteiger partial charge in [-0.25, -0.2) is 4.98 Å². The Morgan fingerprint density at radius 3 is 3.14 bits per heavy atom. The summed E-state index contributed by atoms with van der Waals surface area (Å²) in [5.74, 6) is 0.285. The molecule has 1 heterocycles. The van der Waals surface area contributed by atoms with Crippen molar-refractivity contribution in [3.8, 4) is 0 Å². The summed E-state index contributed by atoms with van der Waals surface area (Å²) in [4.78, 5) is 15.5. The number of nitrogens with zero attached hydrogens (tertiary/aromatic N) is 1. The largest absolute Gasteiger partial charge is 0.314 e. The topological polar surface area (TPSA) is 42.0 Å². The van der Waals surface area contributed by atoms with Crippen molar-refractivity contribution in [2.75, 3.05) is 6.54 Å². The Kier molecular flexibility index (Phi) is 3.26. The second kappa shape index (κ2) is 4.66. The van der Waals surface area contributed by atoms with Crippen LogP contribution in [-0.4, -0.2) is 23.4 Å². The average molecular weight is 210 g/mol. The molecule has 0 bridgehead atoms. The molecule has 1 saturated carbocycles. The van der Waals surface area contributed by atoms with Crippen LogP contribution in [0, 0.1) is 0 Å². The van der Waals surface area contributed by atoms with Crippen LogP contribution in [0.25, 0.3) is 0 Å². The van der Waals surface area contributed by atoms with E-state index in [0.29, 0.717) is 18.9 Å². The van der Waals surface area contributed by atoms with Gasteiger partial charge in [-0.2, -0.15) is 0 Å². The Hall–Kier alpha value is -0.740. The summed E-state index contributed by atoms with van der Waals surface area (Å²) in [6, 6.07) is 0.697. The summed E-state index contributed by atoms with van der Waals surface area (Å²) < 4.78 is 0. The highest BCUT2D eigenvalue weighted by Gasteiger charge is 2.20. The van der Waals surface area contributed by atoms with E-state index >= 15 is 0 Å². The summed E-state index contributed by atoms with van der Waals surface area (Å²) >= 11 is 1.55. The Labute approximate surface area is 87.6 Å². The minimum atomic E-state index is 0.285. The van der Waals surface area contributed by atoms with Crippen molar-refractivity contribution >= 4 is 17.1 Å². The van der Waals surface area contributed by atoms with Gasteiger partial charge in [0.15, 0.2) is 0 Å². The molecule has 0 unspecified atom stereocenters. The van der Waals surface area contributed by atoms with E-state index < -0.39 is 0 Å². The average Bonchev–Trinajstić information content (AvgIpc) is 2.83. The molecule has 1 fully saturated rings. The van der Waals surface area contributed by atoms with E-state index in [1.54, 1.807) is 17.5 Å². The number of rotatable bonds is 6. The third kappa shape index (κ3) is 3.20. The van der Waals surface area contributed by atoms with Gasteiger partial charge in [0.05, 0.1) is 11.4 Å². The number of Topliss-reactive ketones (excluding diaryl/α,β-unsaturated/α-hetero) is 1. The van der Waals surface area contributed by atoms with Crippen LogP contribution in [0.4, 0.5) is 0 Å². The Morgan fingerprint density at radius 2 is 2.50 bits per heavy atom. The lowest BCUT2D eigenvalue weighted by Gasteiger charge is -2.00. The summed E-state index contributed by atoms with van der Waals surface area (Å²) in [5, 5.41) is 6.17. The van der Waals surface area contributed by atoms with Crippen LogP contribution in [-0.2, 0) is 11.2 Å². The number of carbonyl (C=O) groups excluding carboxylic acids is 1. The first-order chi connectivity index (χ1) is 6.84. The molecule has 2 rings (SSSR count). The summed E-state index contributed by atoms with van der Waals surface area (Å²) in [7, 11) is 0. The van der Waals surface area contributed by atoms with Gasteiger partial charge < -0.3 is 5.32 Å². The standard InChI is InChI=1S/C10H14N2OS/c13-9(3-4-11-8-1-2-8)7-10-12-5-6-14-10/h5-6,8,11H,1-4,7H2. The molecule has 14 heavy (non-hydrogen) atoms. The predicted molar refractivity (Wildman–Crippen MR) is 56.5 cm³/mol. The number of hydrogen-bond donors (Lipinski definition) is 1. The molecule has 4 heteroatoms. The molecule has 1 aromatic heterocycles. The van der Waals surface area contributed by atoms with Gasteiger partial charge in [-0.05, 0) is 12.8 Å². The highest BCUT2D eigenvalue weighted by Crippen LogP contribution is 2.18. The van der Waals surface area contributed by atoms with Crippen molar-refractivity contribution in [3.63, 3.8) is 0 Å². The fraction of sp³-hybridized carbons (Fsp3) is 0.600. The van der Waals surface area contributed by atoms with Crippen LogP contribution >= 0.6 is 11.3 Å². The van der Waals surface area contributed by atoms with E-state index in [9.17, 15) is 4.79 Å². The minimum absolute atomic E-state index is 0.285. The Balaban J connectivity index is 1.62. The van der Waals surface area contributed by atoms with E-state index in [1.807, 2.05) is 5.38 Å². The molecular formula is C10H14N2OS. The molecule has 1 N–H and O–H groups in total. The van der Waals surface area contributed by atoms with Crippen molar-refractivity contribution in [3.05, 3.63) is 16.6 Å². The van der Waals surface area contributed by atoms with Gasteiger partial charge in [-0.3, -0.25) is 4.79 Å². The third-order valence-corrected chi connectivity index (χ3v) is 3.03. The lowest BCUT2D eigenvalue weighted by molar-refractivity contribution is -0.118. The predicted octanol–water partition coefficient (Wildman–Crippen LogP) is 1.40. The zero-order valence-electron chi connectivity index (χ0n) is 8.03. The van der Waals surface area contributed by atoms with Crippen LogP contribution in [0.5, 0.6) is 0 Å². The first-order valence-corrected chi connectivity index (χ1v) is 5.86. The monoisotopic (exact) mass is 210 g/mol. The third-order valence-electron chi connectivity index (χ3n) is 2.25. The zero-order valence-corrected chi connectivity index (χ0v) is 8.85. The van der Waals surface area contributed by atoms with Crippen molar-refractivity contribution in [2.45, 2.75) is 31.7 Å². The maximum atomic E-state index is 11.4. The quantitative estimate of drug-likeness (QED) is 0.771. The molecule has 1 aliphatic rings. The molecule has 0 aromatic carbocycles. The number of nitrogens with one attached hydrogen (secondary N) is 1. The number of hydrogen-bond acceptors (Lipinski definition) is 4. The number of ketones is 1. The van der Waals surface area contributed by atoms with Gasteiger partial charge in [0.2, 0.25) is 0 Å². The molecule has 3 nitrogen and oxygen atoms in total. The van der Waals surface area contributed by atoms with Crippen LogP contribution in [0.2, 0.25) is 0 Å². The molecular weight excluding hydrogens is 196 g/mol. The fourth-order valence-electron chi connectivity index (χ4n) is 1.30. The van der Waals surface area contributed by atoms with Crippen molar-refractivity contribution < 1.29 is 4.79 Å². The lowest BCUT2D eigenvalue weighted by Crippen LogP contribution is -2.20. The Bertz CT molecular complexity index is 293. The second-order valence-corrected chi connectivity index (χ2v) is 4.60. The van der Waals surface area contributed by atoms with Gasteiger partial charge >= 0.3 is 0 Å². The van der Waals surface area contributed by atoms with Gasteiger partial charge in [0, 0.05) is 30.6 Å².